The predicted molar refractivity (Wildman–Crippen MR) is 473 cm³/mol. The monoisotopic (exact) mass is 1470 g/mol. The van der Waals surface area contributed by atoms with Crippen molar-refractivity contribution >= 4 is 0 Å². The zero-order valence-electron chi connectivity index (χ0n) is 83.1. The minimum Gasteiger partial charge on any atom is -0.201 e. The molecule has 16 rings (SSSR count). The molecule has 0 amide bonds. The first kappa shape index (κ1) is 57.3. The van der Waals surface area contributed by atoms with E-state index in [0.29, 0.717) is 33.4 Å². The highest BCUT2D eigenvalue weighted by Gasteiger charge is 2.23. The highest BCUT2D eigenvalue weighted by molar-refractivity contribution is 5.82. The predicted octanol–water partition coefficient (Wildman–Crippen LogP) is 25.7. The van der Waals surface area contributed by atoms with E-state index in [2.05, 4.69) is 128 Å². The molecule has 0 aliphatic rings. The number of rotatable bonds is 12. The molecular weight excluding hydrogens is 1350 g/mol. The van der Waals surface area contributed by atoms with Crippen LogP contribution in [0.15, 0.2) is 340 Å². The lowest BCUT2D eigenvalue weighted by Gasteiger charge is -2.13. The van der Waals surface area contributed by atoms with Gasteiger partial charge in [-0.2, -0.15) is 0 Å². The van der Waals surface area contributed by atoms with Gasteiger partial charge in [0.05, 0.1) is 0 Å². The summed E-state index contributed by atoms with van der Waals surface area (Å²) in [4.78, 5) is 0. The molecule has 0 saturated carbocycles. The first-order valence-electron chi connectivity index (χ1n) is 46.6. The molecule has 0 radical (unpaired) electrons. The highest BCUT2D eigenvalue weighted by Crippen LogP contribution is 2.38. The average molecular weight is 1480 g/mol. The number of hydrogen-bond acceptors (Lipinski definition) is 0. The fourth-order valence-corrected chi connectivity index (χ4v) is 14.5. The fourth-order valence-electron chi connectivity index (χ4n) is 14.5. The third-order valence-electron chi connectivity index (χ3n) is 20.7. The number of pyridine rings is 4. The summed E-state index contributed by atoms with van der Waals surface area (Å²) in [6, 6.07) is 103. The average Bonchev–Trinajstić information content (AvgIpc) is 0.765. The van der Waals surface area contributed by atoms with Gasteiger partial charge in [-0.3, -0.25) is 0 Å². The summed E-state index contributed by atoms with van der Waals surface area (Å²) in [6.07, 6.45) is 7.20. The molecule has 4 heterocycles. The number of aromatic nitrogens is 4. The fraction of sp³-hybridized carbons (Fsp3) is 0.148. The van der Waals surface area contributed by atoms with Gasteiger partial charge in [-0.05, 0) is 240 Å². The number of benzene rings is 12. The lowest BCUT2D eigenvalue weighted by Crippen LogP contribution is -2.31. The van der Waals surface area contributed by atoms with Crippen molar-refractivity contribution in [3.05, 3.63) is 407 Å². The Morgan fingerprint density at radius 1 is 0.188 bits per heavy atom. The van der Waals surface area contributed by atoms with Crippen molar-refractivity contribution in [3.8, 4) is 134 Å². The van der Waals surface area contributed by atoms with Gasteiger partial charge in [0.2, 0.25) is 22.8 Å². The van der Waals surface area contributed by atoms with Crippen LogP contribution in [0.5, 0.6) is 0 Å². The van der Waals surface area contributed by atoms with E-state index in [4.69, 9.17) is 24.7 Å². The zero-order valence-corrected chi connectivity index (χ0v) is 65.1. The molecule has 552 valence electrons. The molecule has 0 saturated heterocycles. The van der Waals surface area contributed by atoms with Gasteiger partial charge in [-0.15, -0.1) is 0 Å². The van der Waals surface area contributed by atoms with Crippen molar-refractivity contribution in [1.82, 2.24) is 0 Å². The third kappa shape index (κ3) is 17.8. The van der Waals surface area contributed by atoms with E-state index in [-0.39, 0.29) is 27.8 Å². The second-order valence-corrected chi connectivity index (χ2v) is 28.8. The van der Waals surface area contributed by atoms with Gasteiger partial charge in [0.25, 0.3) is 0 Å². The van der Waals surface area contributed by atoms with Gasteiger partial charge in [-0.1, -0.05) is 266 Å². The Balaban J connectivity index is 0.000000148. The molecule has 0 atom stereocenters. The second kappa shape index (κ2) is 34.9. The van der Waals surface area contributed by atoms with Crippen LogP contribution < -0.4 is 18.3 Å². The van der Waals surface area contributed by atoms with E-state index in [0.717, 1.165) is 128 Å². The summed E-state index contributed by atoms with van der Waals surface area (Å²) < 4.78 is 153. The normalized spacial score (nSPS) is 13.9. The molecule has 4 nitrogen and oxygen atoms in total. The minimum absolute atomic E-state index is 0.0539. The van der Waals surface area contributed by atoms with Gasteiger partial charge in [0.1, 0.15) is 28.2 Å². The Morgan fingerprint density at radius 3 is 0.938 bits per heavy atom. The smallest absolute Gasteiger partial charge is 0.201 e. The molecule has 4 heteroatoms. The van der Waals surface area contributed by atoms with Gasteiger partial charge in [0, 0.05) is 94.5 Å². The quantitative estimate of drug-likeness (QED) is 0.108. The summed E-state index contributed by atoms with van der Waals surface area (Å²) >= 11 is 0. The Labute approximate surface area is 691 Å². The van der Waals surface area contributed by atoms with Crippen LogP contribution in [-0.4, -0.2) is 0 Å². The molecule has 112 heavy (non-hydrogen) atoms. The van der Waals surface area contributed by atoms with Crippen LogP contribution in [0.3, 0.4) is 0 Å². The number of hydrogen-bond donors (Lipinski definition) is 0. The molecule has 16 aromatic rings. The molecule has 0 aliphatic heterocycles. The first-order chi connectivity index (χ1) is 61.4. The Morgan fingerprint density at radius 2 is 0.527 bits per heavy atom. The van der Waals surface area contributed by atoms with Crippen molar-refractivity contribution in [2.75, 3.05) is 0 Å². The minimum atomic E-state index is -2.46. The number of nitrogens with zero attached hydrogens (tertiary/aromatic N) is 4. The molecule has 0 bridgehead atoms. The first-order valence-corrected chi connectivity index (χ1v) is 37.6. The summed E-state index contributed by atoms with van der Waals surface area (Å²) in [7, 11) is 7.68. The lowest BCUT2D eigenvalue weighted by molar-refractivity contribution is -0.660. The van der Waals surface area contributed by atoms with Crippen LogP contribution in [0.25, 0.3) is 134 Å². The third-order valence-corrected chi connectivity index (χ3v) is 20.7. The van der Waals surface area contributed by atoms with Crippen LogP contribution in [0.1, 0.15) is 91.4 Å². The molecule has 0 fully saturated rings. The van der Waals surface area contributed by atoms with Crippen LogP contribution in [-0.2, 0) is 28.2 Å². The maximum atomic E-state index is 8.13. The van der Waals surface area contributed by atoms with Crippen molar-refractivity contribution in [3.63, 3.8) is 0 Å². The second-order valence-electron chi connectivity index (χ2n) is 28.8. The Bertz CT molecular complexity index is 6740. The highest BCUT2D eigenvalue weighted by atomic mass is 14.9. The summed E-state index contributed by atoms with van der Waals surface area (Å²) in [5, 5.41) is 0. The Kier molecular flexibility index (Phi) is 17.8. The number of aryl methyl sites for hydroxylation is 16. The molecule has 0 unspecified atom stereocenters. The van der Waals surface area contributed by atoms with Gasteiger partial charge in [0.15, 0.2) is 24.8 Å². The maximum absolute atomic E-state index is 8.13. The Hall–Kier alpha value is -12.8. The molecule has 4 aromatic heterocycles. The maximum Gasteiger partial charge on any atom is 0.213 e. The van der Waals surface area contributed by atoms with Crippen LogP contribution >= 0.6 is 0 Å². The topological polar surface area (TPSA) is 15.5 Å². The SMILES string of the molecule is [2H]C([2H])([2H])c1c[n+](C)c(-c2cc(-c3ccccc3)ccc2C)cc1-c1ccccc1.[2H]C([2H])([2H])c1cc(C)cc(C([2H])([2H])[2H])c1-c1cc[n+](C)c(-c2cc(-c3ccccc3)ccc2C)c1.[2H]C([2H])([2H])c1cc(C)ccc1-c1cc[n+](C)c(-c2cc(-c3ccccc3)ccc2C)c1.[2H]C([2H])([2H])c1ccccc1-c1cc(-c2cc(-c3ccccc3)ccc2C)[n+](C)cc1C([2H])([2H])[2H]. The van der Waals surface area contributed by atoms with Crippen LogP contribution in [0.2, 0.25) is 0 Å². The summed E-state index contributed by atoms with van der Waals surface area (Å²) in [5.74, 6) is 0. The van der Waals surface area contributed by atoms with Crippen molar-refractivity contribution < 1.29 is 42.9 Å². The lowest BCUT2D eigenvalue weighted by atomic mass is 9.92. The molecule has 0 spiro atoms. The van der Waals surface area contributed by atoms with E-state index >= 15 is 0 Å². The van der Waals surface area contributed by atoms with E-state index in [1.807, 2.05) is 228 Å². The van der Waals surface area contributed by atoms with Crippen molar-refractivity contribution in [1.29, 1.82) is 0 Å². The van der Waals surface area contributed by atoms with E-state index < -0.39 is 41.1 Å². The van der Waals surface area contributed by atoms with Gasteiger partial charge < -0.3 is 0 Å². The van der Waals surface area contributed by atoms with E-state index in [1.54, 1.807) is 72.4 Å². The van der Waals surface area contributed by atoms with Crippen LogP contribution in [0.4, 0.5) is 0 Å². The molecular formula is C108H104N4+4. The van der Waals surface area contributed by atoms with Gasteiger partial charge >= 0.3 is 0 Å². The van der Waals surface area contributed by atoms with Gasteiger partial charge in [-0.25, -0.2) is 18.3 Å². The standard InChI is InChI=1S/C28H28N.2C27H26N.C26H24N/c1-19-15-21(3)28(22(4)16-19)25-13-14-29(5)27(18-25)26-17-24(12-11-20(26)2)23-9-7-6-8-10-23;1-19-10-8-9-13-24(19)25-17-27(28(4)18-21(25)3)26-16-23(15-14-20(26)2)22-11-6-5-7-12-22;1-19-10-13-25(21(3)16-19)24-14-15-28(4)27(18-24)26-17-23(12-11-20(26)2)22-8-6-5-7-9-22;1-19-14-15-23(21-10-6-4-7-11-21)16-25(19)26-17-24(20(2)18-27(26)3)22-12-8-5-9-13-22/h6-18H,1-5H3;2*5-18H,1-4H3;4-18H,1-3H3/q4*+1/i3D3,4D3;1D3,3D3;3D3;2D3. The molecule has 0 N–H and O–H groups in total. The van der Waals surface area contributed by atoms with Crippen molar-refractivity contribution in [2.24, 2.45) is 28.2 Å². The molecule has 0 aliphatic carbocycles. The van der Waals surface area contributed by atoms with Crippen LogP contribution in [0, 0.1) is 82.7 Å². The van der Waals surface area contributed by atoms with Crippen molar-refractivity contribution in [2.45, 2.75) is 82.7 Å². The van der Waals surface area contributed by atoms with E-state index in [9.17, 15) is 0 Å². The molecule has 12 aromatic carbocycles. The summed E-state index contributed by atoms with van der Waals surface area (Å²) in [5.41, 5.74) is 28.8. The largest absolute Gasteiger partial charge is 0.213 e. The van der Waals surface area contributed by atoms with E-state index in [1.165, 1.54) is 11.1 Å². The zero-order chi connectivity index (χ0) is 93.7. The summed E-state index contributed by atoms with van der Waals surface area (Å²) in [6.45, 7) is -2.16.